The highest BCUT2D eigenvalue weighted by atomic mass is 16.5. The van der Waals surface area contributed by atoms with Gasteiger partial charge in [0.15, 0.2) is 0 Å². The third kappa shape index (κ3) is 3.38. The molecule has 0 fully saturated rings. The van der Waals surface area contributed by atoms with E-state index in [0.717, 1.165) is 18.5 Å². The highest BCUT2D eigenvalue weighted by Gasteiger charge is 2.32. The second kappa shape index (κ2) is 5.94. The smallest absolute Gasteiger partial charge is 0.321 e. The lowest BCUT2D eigenvalue weighted by molar-refractivity contribution is -0.144. The predicted octanol–water partition coefficient (Wildman–Crippen LogP) is 2.31. The number of aliphatic carboxylic acids is 1. The minimum Gasteiger partial charge on any atom is -0.480 e. The van der Waals surface area contributed by atoms with Gasteiger partial charge in [0.05, 0.1) is 5.60 Å². The maximum Gasteiger partial charge on any atom is 0.321 e. The van der Waals surface area contributed by atoms with Gasteiger partial charge in [-0.15, -0.1) is 0 Å². The van der Waals surface area contributed by atoms with Gasteiger partial charge in [0.2, 0.25) is 0 Å². The minimum absolute atomic E-state index is 0.222. The van der Waals surface area contributed by atoms with E-state index in [9.17, 15) is 9.90 Å². The number of rotatable bonds is 5. The van der Waals surface area contributed by atoms with Crippen molar-refractivity contribution in [3.05, 3.63) is 35.4 Å². The van der Waals surface area contributed by atoms with Gasteiger partial charge in [0.25, 0.3) is 0 Å². The summed E-state index contributed by atoms with van der Waals surface area (Å²) < 4.78 is 5.42. The molecule has 1 atom stereocenters. The molecule has 20 heavy (non-hydrogen) atoms. The molecular formula is C16H23NO3. The highest BCUT2D eigenvalue weighted by molar-refractivity contribution is 5.74. The first kappa shape index (κ1) is 15.0. The first-order valence-corrected chi connectivity index (χ1v) is 7.02. The summed E-state index contributed by atoms with van der Waals surface area (Å²) in [7, 11) is 1.69. The summed E-state index contributed by atoms with van der Waals surface area (Å²) in [5, 5.41) is 9.45. The molecular weight excluding hydrogens is 254 g/mol. The average Bonchev–Trinajstić information content (AvgIpc) is 2.44. The largest absolute Gasteiger partial charge is 0.480 e. The van der Waals surface area contributed by atoms with Crippen molar-refractivity contribution in [1.82, 2.24) is 4.90 Å². The third-order valence-electron chi connectivity index (χ3n) is 4.18. The molecule has 0 spiro atoms. The van der Waals surface area contributed by atoms with Gasteiger partial charge in [0.1, 0.15) is 6.04 Å². The van der Waals surface area contributed by atoms with E-state index >= 15 is 0 Å². The first-order chi connectivity index (χ1) is 9.43. The summed E-state index contributed by atoms with van der Waals surface area (Å²) in [5.41, 5.74) is 2.17. The van der Waals surface area contributed by atoms with Crippen LogP contribution in [-0.2, 0) is 22.5 Å². The van der Waals surface area contributed by atoms with E-state index in [4.69, 9.17) is 4.74 Å². The van der Waals surface area contributed by atoms with E-state index in [2.05, 4.69) is 6.07 Å². The maximum atomic E-state index is 11.5. The van der Waals surface area contributed by atoms with Crippen LogP contribution in [0, 0.1) is 0 Å². The molecule has 0 aliphatic carbocycles. The molecule has 110 valence electrons. The second-order valence-electron chi connectivity index (χ2n) is 6.01. The van der Waals surface area contributed by atoms with E-state index in [-0.39, 0.29) is 5.60 Å². The minimum atomic E-state index is -0.741. The Morgan fingerprint density at radius 3 is 2.65 bits per heavy atom. The Kier molecular flexibility index (Phi) is 4.45. The van der Waals surface area contributed by atoms with Crippen molar-refractivity contribution in [3.63, 3.8) is 0 Å². The average molecular weight is 277 g/mol. The molecule has 4 nitrogen and oxygen atoms in total. The summed E-state index contributed by atoms with van der Waals surface area (Å²) >= 11 is 0. The Balaban J connectivity index is 2.12. The van der Waals surface area contributed by atoms with Crippen molar-refractivity contribution < 1.29 is 14.6 Å². The van der Waals surface area contributed by atoms with Gasteiger partial charge in [-0.2, -0.15) is 0 Å². The fourth-order valence-electron chi connectivity index (χ4n) is 2.57. The Morgan fingerprint density at radius 2 is 2.05 bits per heavy atom. The number of carboxylic acid groups (broad SMARTS) is 1. The maximum absolute atomic E-state index is 11.5. The lowest BCUT2D eigenvalue weighted by atomic mass is 9.93. The number of fused-ring (bicyclic) bond motifs is 1. The Bertz CT molecular complexity index is 484. The molecule has 2 rings (SSSR count). The molecule has 0 radical (unpaired) electrons. The fraction of sp³-hybridized carbons (Fsp3) is 0.562. The predicted molar refractivity (Wildman–Crippen MR) is 77.7 cm³/mol. The van der Waals surface area contributed by atoms with Gasteiger partial charge < -0.3 is 9.84 Å². The first-order valence-electron chi connectivity index (χ1n) is 7.02. The van der Waals surface area contributed by atoms with Crippen LogP contribution in [0.15, 0.2) is 24.3 Å². The molecule has 4 heteroatoms. The third-order valence-corrected chi connectivity index (χ3v) is 4.18. The Labute approximate surface area is 120 Å². The standard InChI is InChI=1S/C16H23NO3/c1-16(2,20-3)8-9-17-11-13-7-5-4-6-12(13)10-14(17)15(18)19/h4-7,14H,8-11H2,1-3H3,(H,18,19). The number of carboxylic acids is 1. The Morgan fingerprint density at radius 1 is 1.40 bits per heavy atom. The molecule has 1 unspecified atom stereocenters. The van der Waals surface area contributed by atoms with Crippen molar-refractivity contribution in [2.75, 3.05) is 13.7 Å². The number of benzene rings is 1. The second-order valence-corrected chi connectivity index (χ2v) is 6.01. The molecule has 1 heterocycles. The van der Waals surface area contributed by atoms with Crippen molar-refractivity contribution in [2.45, 2.75) is 44.9 Å². The molecule has 0 saturated carbocycles. The summed E-state index contributed by atoms with van der Waals surface area (Å²) in [6.45, 7) is 5.49. The number of hydrogen-bond acceptors (Lipinski definition) is 3. The normalized spacial score (nSPS) is 19.6. The summed E-state index contributed by atoms with van der Waals surface area (Å²) in [5.74, 6) is -0.741. The zero-order valence-corrected chi connectivity index (χ0v) is 12.4. The molecule has 1 aliphatic rings. The van der Waals surface area contributed by atoms with Crippen molar-refractivity contribution in [2.24, 2.45) is 0 Å². The fourth-order valence-corrected chi connectivity index (χ4v) is 2.57. The number of carbonyl (C=O) groups is 1. The van der Waals surface area contributed by atoms with Crippen molar-refractivity contribution >= 4 is 5.97 Å². The highest BCUT2D eigenvalue weighted by Crippen LogP contribution is 2.25. The summed E-state index contributed by atoms with van der Waals surface area (Å²) in [6, 6.07) is 7.67. The van der Waals surface area contributed by atoms with Gasteiger partial charge in [-0.05, 0) is 37.8 Å². The lowest BCUT2D eigenvalue weighted by Crippen LogP contribution is -2.47. The van der Waals surface area contributed by atoms with Crippen LogP contribution in [0.1, 0.15) is 31.4 Å². The van der Waals surface area contributed by atoms with Crippen molar-refractivity contribution in [3.8, 4) is 0 Å². The molecule has 0 saturated heterocycles. The zero-order valence-electron chi connectivity index (χ0n) is 12.4. The van der Waals surface area contributed by atoms with Crippen molar-refractivity contribution in [1.29, 1.82) is 0 Å². The van der Waals surface area contributed by atoms with Crippen LogP contribution in [0.3, 0.4) is 0 Å². The van der Waals surface area contributed by atoms with Gasteiger partial charge >= 0.3 is 5.97 Å². The van der Waals surface area contributed by atoms with Gasteiger partial charge in [0, 0.05) is 20.2 Å². The topological polar surface area (TPSA) is 49.8 Å². The van der Waals surface area contributed by atoms with Crippen LogP contribution in [-0.4, -0.2) is 41.3 Å². The van der Waals surface area contributed by atoms with Crippen LogP contribution < -0.4 is 0 Å². The van der Waals surface area contributed by atoms with Crippen LogP contribution in [0.2, 0.25) is 0 Å². The Hall–Kier alpha value is -1.39. The van der Waals surface area contributed by atoms with Crippen LogP contribution >= 0.6 is 0 Å². The molecule has 1 aromatic rings. The molecule has 0 aromatic heterocycles. The lowest BCUT2D eigenvalue weighted by Gasteiger charge is -2.36. The SMILES string of the molecule is COC(C)(C)CCN1Cc2ccccc2CC1C(=O)O. The molecule has 0 amide bonds. The molecule has 0 bridgehead atoms. The van der Waals surface area contributed by atoms with E-state index in [1.165, 1.54) is 5.56 Å². The van der Waals surface area contributed by atoms with Crippen LogP contribution in [0.4, 0.5) is 0 Å². The van der Waals surface area contributed by atoms with E-state index in [0.29, 0.717) is 13.0 Å². The van der Waals surface area contributed by atoms with Crippen LogP contribution in [0.5, 0.6) is 0 Å². The van der Waals surface area contributed by atoms with E-state index in [1.54, 1.807) is 7.11 Å². The number of nitrogens with zero attached hydrogens (tertiary/aromatic N) is 1. The summed E-state index contributed by atoms with van der Waals surface area (Å²) in [6.07, 6.45) is 1.40. The number of hydrogen-bond donors (Lipinski definition) is 1. The van der Waals surface area contributed by atoms with Gasteiger partial charge in [-0.25, -0.2) is 0 Å². The molecule has 1 aliphatic heterocycles. The van der Waals surface area contributed by atoms with E-state index < -0.39 is 12.0 Å². The summed E-state index contributed by atoms with van der Waals surface area (Å²) in [4.78, 5) is 13.5. The number of methoxy groups -OCH3 is 1. The molecule has 1 N–H and O–H groups in total. The number of ether oxygens (including phenoxy) is 1. The zero-order chi connectivity index (χ0) is 14.8. The molecule has 1 aromatic carbocycles. The van der Waals surface area contributed by atoms with Gasteiger partial charge in [-0.3, -0.25) is 9.69 Å². The van der Waals surface area contributed by atoms with Crippen LogP contribution in [0.25, 0.3) is 0 Å². The van der Waals surface area contributed by atoms with Gasteiger partial charge in [-0.1, -0.05) is 24.3 Å². The monoisotopic (exact) mass is 277 g/mol. The van der Waals surface area contributed by atoms with E-state index in [1.807, 2.05) is 36.9 Å². The quantitative estimate of drug-likeness (QED) is 0.897.